The number of hydrogen-bond acceptors (Lipinski definition) is 3. The van der Waals surface area contributed by atoms with E-state index in [0.29, 0.717) is 11.5 Å². The van der Waals surface area contributed by atoms with Crippen molar-refractivity contribution in [2.75, 3.05) is 19.8 Å². The average molecular weight is 260 g/mol. The van der Waals surface area contributed by atoms with Crippen molar-refractivity contribution >= 4 is 0 Å². The van der Waals surface area contributed by atoms with Gasteiger partial charge in [0.2, 0.25) is 0 Å². The Morgan fingerprint density at radius 2 is 2.16 bits per heavy atom. The second-order valence-corrected chi connectivity index (χ2v) is 5.94. The summed E-state index contributed by atoms with van der Waals surface area (Å²) >= 11 is 0. The molecule has 19 heavy (non-hydrogen) atoms. The van der Waals surface area contributed by atoms with Gasteiger partial charge in [0.25, 0.3) is 0 Å². The fourth-order valence-corrected chi connectivity index (χ4v) is 3.75. The predicted molar refractivity (Wildman–Crippen MR) is 76.1 cm³/mol. The molecule has 0 aromatic carbocycles. The second kappa shape index (κ2) is 6.02. The number of nitrogens with zero attached hydrogens (tertiary/aromatic N) is 1. The van der Waals surface area contributed by atoms with Crippen molar-refractivity contribution in [3.8, 4) is 0 Å². The molecule has 1 unspecified atom stereocenters. The van der Waals surface area contributed by atoms with Crippen molar-refractivity contribution in [3.05, 3.63) is 30.1 Å². The lowest BCUT2D eigenvalue weighted by Gasteiger charge is -2.39. The Bertz CT molecular complexity index is 387. The summed E-state index contributed by atoms with van der Waals surface area (Å²) in [6.45, 7) is 2.96. The Morgan fingerprint density at radius 1 is 1.26 bits per heavy atom. The van der Waals surface area contributed by atoms with E-state index in [2.05, 4.69) is 22.4 Å². The molecule has 3 rings (SSSR count). The van der Waals surface area contributed by atoms with Gasteiger partial charge in [0.05, 0.1) is 0 Å². The van der Waals surface area contributed by atoms with E-state index in [1.165, 1.54) is 37.8 Å². The molecule has 3 nitrogen and oxygen atoms in total. The first-order valence-electron chi connectivity index (χ1n) is 7.60. The van der Waals surface area contributed by atoms with Crippen LogP contribution in [0, 0.1) is 5.41 Å². The van der Waals surface area contributed by atoms with E-state index >= 15 is 0 Å². The van der Waals surface area contributed by atoms with Gasteiger partial charge in [-0.3, -0.25) is 4.98 Å². The summed E-state index contributed by atoms with van der Waals surface area (Å²) in [5, 5.41) is 3.80. The molecular formula is C16H24N2O. The lowest BCUT2D eigenvalue weighted by Crippen LogP contribution is -2.45. The van der Waals surface area contributed by atoms with Gasteiger partial charge in [0, 0.05) is 44.1 Å². The number of nitrogens with one attached hydrogen (secondary N) is 1. The highest BCUT2D eigenvalue weighted by atomic mass is 16.5. The molecule has 2 fully saturated rings. The number of ether oxygens (including phenoxy) is 1. The van der Waals surface area contributed by atoms with Gasteiger partial charge in [-0.25, -0.2) is 0 Å². The van der Waals surface area contributed by atoms with Gasteiger partial charge in [0.15, 0.2) is 0 Å². The Morgan fingerprint density at radius 3 is 2.95 bits per heavy atom. The van der Waals surface area contributed by atoms with Gasteiger partial charge in [0.1, 0.15) is 0 Å². The minimum absolute atomic E-state index is 0.530. The molecule has 1 aliphatic carbocycles. The zero-order valence-electron chi connectivity index (χ0n) is 11.6. The number of hydrogen-bond donors (Lipinski definition) is 1. The van der Waals surface area contributed by atoms with Crippen LogP contribution in [0.5, 0.6) is 0 Å². The summed E-state index contributed by atoms with van der Waals surface area (Å²) in [5.74, 6) is 0. The highest BCUT2D eigenvalue weighted by molar-refractivity contribution is 5.04. The summed E-state index contributed by atoms with van der Waals surface area (Å²) in [4.78, 5) is 4.39. The molecule has 1 aromatic rings. The monoisotopic (exact) mass is 260 g/mol. The molecule has 1 saturated heterocycles. The van der Waals surface area contributed by atoms with Crippen molar-refractivity contribution in [2.24, 2.45) is 5.41 Å². The van der Waals surface area contributed by atoms with Crippen LogP contribution in [0.4, 0.5) is 0 Å². The third-order valence-electron chi connectivity index (χ3n) is 4.89. The molecule has 1 aliphatic heterocycles. The molecule has 1 atom stereocenters. The predicted octanol–water partition coefficient (Wildman–Crippen LogP) is 2.56. The SMILES string of the molecule is c1ccc(CCNC2CCCC23CCOCC3)nc1. The molecule has 3 heteroatoms. The van der Waals surface area contributed by atoms with Gasteiger partial charge < -0.3 is 10.1 Å². The van der Waals surface area contributed by atoms with Crippen molar-refractivity contribution < 1.29 is 4.74 Å². The summed E-state index contributed by atoms with van der Waals surface area (Å²) < 4.78 is 5.54. The van der Waals surface area contributed by atoms with Crippen LogP contribution >= 0.6 is 0 Å². The van der Waals surface area contributed by atoms with Crippen LogP contribution in [-0.4, -0.2) is 30.8 Å². The van der Waals surface area contributed by atoms with Crippen LogP contribution in [0.25, 0.3) is 0 Å². The van der Waals surface area contributed by atoms with Crippen LogP contribution in [0.2, 0.25) is 0 Å². The first-order chi connectivity index (χ1) is 9.39. The van der Waals surface area contributed by atoms with E-state index in [-0.39, 0.29) is 0 Å². The summed E-state index contributed by atoms with van der Waals surface area (Å²) in [5.41, 5.74) is 1.72. The number of aromatic nitrogens is 1. The van der Waals surface area contributed by atoms with E-state index in [9.17, 15) is 0 Å². The summed E-state index contributed by atoms with van der Waals surface area (Å²) in [6.07, 6.45) is 9.50. The third kappa shape index (κ3) is 2.98. The minimum atomic E-state index is 0.530. The first kappa shape index (κ1) is 13.1. The minimum Gasteiger partial charge on any atom is -0.381 e. The molecular weight excluding hydrogens is 236 g/mol. The van der Waals surface area contributed by atoms with Crippen molar-refractivity contribution in [3.63, 3.8) is 0 Å². The maximum atomic E-state index is 5.54. The molecule has 0 bridgehead atoms. The van der Waals surface area contributed by atoms with E-state index in [1.54, 1.807) is 0 Å². The van der Waals surface area contributed by atoms with Gasteiger partial charge in [-0.2, -0.15) is 0 Å². The fraction of sp³-hybridized carbons (Fsp3) is 0.688. The van der Waals surface area contributed by atoms with Crippen molar-refractivity contribution in [2.45, 2.75) is 44.6 Å². The zero-order valence-corrected chi connectivity index (χ0v) is 11.6. The lowest BCUT2D eigenvalue weighted by molar-refractivity contribution is 0.00455. The first-order valence-corrected chi connectivity index (χ1v) is 7.60. The Kier molecular flexibility index (Phi) is 4.14. The molecule has 1 N–H and O–H groups in total. The summed E-state index contributed by atoms with van der Waals surface area (Å²) in [6, 6.07) is 6.85. The molecule has 1 spiro atoms. The van der Waals surface area contributed by atoms with Crippen LogP contribution in [0.3, 0.4) is 0 Å². The average Bonchev–Trinajstić information content (AvgIpc) is 2.83. The van der Waals surface area contributed by atoms with E-state index < -0.39 is 0 Å². The Hall–Kier alpha value is -0.930. The highest BCUT2D eigenvalue weighted by Gasteiger charge is 2.43. The van der Waals surface area contributed by atoms with Crippen molar-refractivity contribution in [1.82, 2.24) is 10.3 Å². The van der Waals surface area contributed by atoms with Crippen molar-refractivity contribution in [1.29, 1.82) is 0 Å². The largest absolute Gasteiger partial charge is 0.381 e. The van der Waals surface area contributed by atoms with Gasteiger partial charge >= 0.3 is 0 Å². The fourth-order valence-electron chi connectivity index (χ4n) is 3.75. The highest BCUT2D eigenvalue weighted by Crippen LogP contribution is 2.45. The van der Waals surface area contributed by atoms with E-state index in [4.69, 9.17) is 4.74 Å². The zero-order chi connectivity index (χ0) is 13.0. The smallest absolute Gasteiger partial charge is 0.0471 e. The van der Waals surface area contributed by atoms with Gasteiger partial charge in [-0.15, -0.1) is 0 Å². The number of rotatable bonds is 4. The molecule has 104 valence electrons. The lowest BCUT2D eigenvalue weighted by atomic mass is 9.75. The summed E-state index contributed by atoms with van der Waals surface area (Å²) in [7, 11) is 0. The molecule has 1 saturated carbocycles. The normalized spacial score (nSPS) is 25.8. The molecule has 0 amide bonds. The molecule has 0 radical (unpaired) electrons. The number of pyridine rings is 1. The standard InChI is InChI=1S/C16H24N2O/c1-2-10-17-14(4-1)6-11-18-15-5-3-7-16(15)8-12-19-13-9-16/h1-2,4,10,15,18H,3,5-9,11-13H2. The topological polar surface area (TPSA) is 34.1 Å². The van der Waals surface area contributed by atoms with Gasteiger partial charge in [-0.05, 0) is 43.2 Å². The third-order valence-corrected chi connectivity index (χ3v) is 4.89. The van der Waals surface area contributed by atoms with Gasteiger partial charge in [-0.1, -0.05) is 12.5 Å². The second-order valence-electron chi connectivity index (χ2n) is 5.94. The Labute approximate surface area is 115 Å². The maximum Gasteiger partial charge on any atom is 0.0471 e. The maximum absolute atomic E-state index is 5.54. The van der Waals surface area contributed by atoms with E-state index in [0.717, 1.165) is 26.2 Å². The van der Waals surface area contributed by atoms with Crippen LogP contribution in [0.15, 0.2) is 24.4 Å². The van der Waals surface area contributed by atoms with Crippen LogP contribution < -0.4 is 5.32 Å². The van der Waals surface area contributed by atoms with Crippen LogP contribution in [-0.2, 0) is 11.2 Å². The molecule has 2 heterocycles. The molecule has 2 aliphatic rings. The quantitative estimate of drug-likeness (QED) is 0.903. The van der Waals surface area contributed by atoms with Crippen LogP contribution in [0.1, 0.15) is 37.8 Å². The molecule has 1 aromatic heterocycles. The Balaban J connectivity index is 1.51. The van der Waals surface area contributed by atoms with E-state index in [1.807, 2.05) is 12.3 Å².